The highest BCUT2D eigenvalue weighted by molar-refractivity contribution is 6.09. The van der Waals surface area contributed by atoms with Gasteiger partial charge in [-0.3, -0.25) is 14.5 Å². The second-order valence-electron chi connectivity index (χ2n) is 7.10. The van der Waals surface area contributed by atoms with E-state index in [2.05, 4.69) is 5.32 Å². The molecule has 0 unspecified atom stereocenters. The standard InChI is InChI=1S/C18H21N3O3/c1-18(13-7-8-13)16(23)21(17(24)19-18)11-15(22)20-10-9-14(20)12-5-3-2-4-6-12/h2-6,13-14H,7-11H2,1H3,(H,19,24)/t14-,18+/m1/s1. The van der Waals surface area contributed by atoms with Gasteiger partial charge < -0.3 is 10.2 Å². The zero-order chi connectivity index (χ0) is 16.9. The molecule has 2 aliphatic heterocycles. The van der Waals surface area contributed by atoms with Gasteiger partial charge in [0.05, 0.1) is 6.04 Å². The third-order valence-corrected chi connectivity index (χ3v) is 5.51. The highest BCUT2D eigenvalue weighted by Crippen LogP contribution is 2.42. The number of nitrogens with zero attached hydrogens (tertiary/aromatic N) is 2. The molecule has 3 aliphatic rings. The summed E-state index contributed by atoms with van der Waals surface area (Å²) in [6.45, 7) is 2.27. The Balaban J connectivity index is 1.45. The highest BCUT2D eigenvalue weighted by atomic mass is 16.2. The molecule has 0 spiro atoms. The summed E-state index contributed by atoms with van der Waals surface area (Å²) in [5, 5.41) is 2.78. The minimum absolute atomic E-state index is 0.0503. The molecule has 0 radical (unpaired) electrons. The first-order valence-corrected chi connectivity index (χ1v) is 8.49. The number of amides is 4. The molecule has 1 aliphatic carbocycles. The van der Waals surface area contributed by atoms with Crippen molar-refractivity contribution in [1.82, 2.24) is 15.1 Å². The summed E-state index contributed by atoms with van der Waals surface area (Å²) in [7, 11) is 0. The topological polar surface area (TPSA) is 69.7 Å². The lowest BCUT2D eigenvalue weighted by atomic mass is 9.94. The number of benzene rings is 1. The number of likely N-dealkylation sites (tertiary alicyclic amines) is 1. The van der Waals surface area contributed by atoms with Crippen LogP contribution in [0.4, 0.5) is 4.79 Å². The second-order valence-corrected chi connectivity index (χ2v) is 7.10. The Kier molecular flexibility index (Phi) is 3.37. The fourth-order valence-electron chi connectivity index (χ4n) is 3.73. The maximum absolute atomic E-state index is 12.6. The largest absolute Gasteiger partial charge is 0.334 e. The summed E-state index contributed by atoms with van der Waals surface area (Å²) >= 11 is 0. The molecule has 4 amide bonds. The minimum atomic E-state index is -0.828. The number of carbonyl (C=O) groups is 3. The van der Waals surface area contributed by atoms with Crippen molar-refractivity contribution in [3.8, 4) is 0 Å². The van der Waals surface area contributed by atoms with Crippen LogP contribution in [0.15, 0.2) is 30.3 Å². The van der Waals surface area contributed by atoms with E-state index >= 15 is 0 Å². The number of rotatable bonds is 4. The average molecular weight is 327 g/mol. The predicted molar refractivity (Wildman–Crippen MR) is 86.9 cm³/mol. The SMILES string of the molecule is C[C@@]1(C2CC2)NC(=O)N(CC(=O)N2CC[C@@H]2c2ccccc2)C1=O. The van der Waals surface area contributed by atoms with Gasteiger partial charge in [-0.25, -0.2) is 4.79 Å². The molecule has 1 aromatic carbocycles. The minimum Gasteiger partial charge on any atom is -0.334 e. The van der Waals surface area contributed by atoms with E-state index < -0.39 is 11.6 Å². The van der Waals surface area contributed by atoms with Gasteiger partial charge in [0, 0.05) is 6.54 Å². The van der Waals surface area contributed by atoms with Gasteiger partial charge in [-0.2, -0.15) is 0 Å². The van der Waals surface area contributed by atoms with Crippen molar-refractivity contribution in [2.24, 2.45) is 5.92 Å². The van der Waals surface area contributed by atoms with Crippen molar-refractivity contribution in [3.63, 3.8) is 0 Å². The molecular weight excluding hydrogens is 306 g/mol. The molecule has 2 atom stereocenters. The van der Waals surface area contributed by atoms with Crippen LogP contribution in [0.5, 0.6) is 0 Å². The maximum atomic E-state index is 12.6. The Labute approximate surface area is 140 Å². The summed E-state index contributed by atoms with van der Waals surface area (Å²) in [6, 6.07) is 9.46. The van der Waals surface area contributed by atoms with E-state index in [1.165, 1.54) is 0 Å². The van der Waals surface area contributed by atoms with Crippen LogP contribution >= 0.6 is 0 Å². The molecule has 1 aromatic rings. The molecule has 1 N–H and O–H groups in total. The first-order chi connectivity index (χ1) is 11.5. The fourth-order valence-corrected chi connectivity index (χ4v) is 3.73. The zero-order valence-corrected chi connectivity index (χ0v) is 13.7. The van der Waals surface area contributed by atoms with E-state index in [0.29, 0.717) is 6.54 Å². The van der Waals surface area contributed by atoms with Crippen LogP contribution in [0, 0.1) is 5.92 Å². The number of urea groups is 1. The summed E-state index contributed by atoms with van der Waals surface area (Å²) in [6.07, 6.45) is 2.81. The second kappa shape index (κ2) is 5.33. The molecule has 24 heavy (non-hydrogen) atoms. The van der Waals surface area contributed by atoms with Gasteiger partial charge in [-0.1, -0.05) is 30.3 Å². The van der Waals surface area contributed by atoms with Gasteiger partial charge in [0.1, 0.15) is 12.1 Å². The summed E-state index contributed by atoms with van der Waals surface area (Å²) in [5.41, 5.74) is 0.266. The Bertz CT molecular complexity index is 701. The van der Waals surface area contributed by atoms with Crippen molar-refractivity contribution in [3.05, 3.63) is 35.9 Å². The number of hydrogen-bond acceptors (Lipinski definition) is 3. The van der Waals surface area contributed by atoms with Crippen LogP contribution in [0.3, 0.4) is 0 Å². The molecule has 4 rings (SSSR count). The van der Waals surface area contributed by atoms with Crippen LogP contribution in [0.2, 0.25) is 0 Å². The molecule has 2 heterocycles. The monoisotopic (exact) mass is 327 g/mol. The molecule has 3 fully saturated rings. The smallest absolute Gasteiger partial charge is 0.325 e. The van der Waals surface area contributed by atoms with Gasteiger partial charge in [0.15, 0.2) is 0 Å². The Morgan fingerprint density at radius 1 is 1.21 bits per heavy atom. The van der Waals surface area contributed by atoms with Gasteiger partial charge in [0.25, 0.3) is 5.91 Å². The van der Waals surface area contributed by atoms with E-state index in [1.807, 2.05) is 30.3 Å². The number of nitrogens with one attached hydrogen (secondary N) is 1. The lowest BCUT2D eigenvalue weighted by Gasteiger charge is -2.41. The molecule has 0 aromatic heterocycles. The third-order valence-electron chi connectivity index (χ3n) is 5.51. The van der Waals surface area contributed by atoms with Crippen LogP contribution in [-0.4, -0.2) is 46.3 Å². The Hall–Kier alpha value is -2.37. The van der Waals surface area contributed by atoms with Crippen LogP contribution < -0.4 is 5.32 Å². The molecular formula is C18H21N3O3. The van der Waals surface area contributed by atoms with Crippen molar-refractivity contribution in [2.75, 3.05) is 13.1 Å². The molecule has 6 heteroatoms. The fraction of sp³-hybridized carbons (Fsp3) is 0.500. The first kappa shape index (κ1) is 15.2. The van der Waals surface area contributed by atoms with Crippen molar-refractivity contribution in [1.29, 1.82) is 0 Å². The zero-order valence-electron chi connectivity index (χ0n) is 13.7. The van der Waals surface area contributed by atoms with Crippen LogP contribution in [0.25, 0.3) is 0 Å². The number of imide groups is 1. The van der Waals surface area contributed by atoms with E-state index in [9.17, 15) is 14.4 Å². The molecule has 126 valence electrons. The van der Waals surface area contributed by atoms with E-state index in [0.717, 1.165) is 29.7 Å². The lowest BCUT2D eigenvalue weighted by Crippen LogP contribution is -2.51. The normalized spacial score (nSPS) is 29.5. The Morgan fingerprint density at radius 2 is 1.92 bits per heavy atom. The van der Waals surface area contributed by atoms with Crippen molar-refractivity contribution >= 4 is 17.8 Å². The number of hydrogen-bond donors (Lipinski definition) is 1. The van der Waals surface area contributed by atoms with E-state index in [1.54, 1.807) is 11.8 Å². The van der Waals surface area contributed by atoms with Gasteiger partial charge in [-0.05, 0) is 37.7 Å². The highest BCUT2D eigenvalue weighted by Gasteiger charge is 2.56. The van der Waals surface area contributed by atoms with E-state index in [4.69, 9.17) is 0 Å². The van der Waals surface area contributed by atoms with E-state index in [-0.39, 0.29) is 30.3 Å². The maximum Gasteiger partial charge on any atom is 0.325 e. The first-order valence-electron chi connectivity index (χ1n) is 8.49. The molecule has 1 saturated carbocycles. The summed E-state index contributed by atoms with van der Waals surface area (Å²) in [5.74, 6) is -0.228. The van der Waals surface area contributed by atoms with Crippen molar-refractivity contribution in [2.45, 2.75) is 37.8 Å². The summed E-state index contributed by atoms with van der Waals surface area (Å²) in [4.78, 5) is 40.2. The van der Waals surface area contributed by atoms with Crippen molar-refractivity contribution < 1.29 is 14.4 Å². The number of carbonyl (C=O) groups excluding carboxylic acids is 3. The van der Waals surface area contributed by atoms with Gasteiger partial charge in [0.2, 0.25) is 5.91 Å². The molecule has 2 saturated heterocycles. The van der Waals surface area contributed by atoms with Gasteiger partial charge in [-0.15, -0.1) is 0 Å². The molecule has 6 nitrogen and oxygen atoms in total. The molecule has 0 bridgehead atoms. The van der Waals surface area contributed by atoms with Crippen LogP contribution in [0.1, 0.15) is 37.8 Å². The van der Waals surface area contributed by atoms with Crippen LogP contribution in [-0.2, 0) is 9.59 Å². The predicted octanol–water partition coefficient (Wildman–Crippen LogP) is 1.68. The lowest BCUT2D eigenvalue weighted by molar-refractivity contribution is -0.144. The Morgan fingerprint density at radius 3 is 2.50 bits per heavy atom. The average Bonchev–Trinajstić information content (AvgIpc) is 3.34. The summed E-state index contributed by atoms with van der Waals surface area (Å²) < 4.78 is 0. The van der Waals surface area contributed by atoms with Gasteiger partial charge >= 0.3 is 6.03 Å². The third kappa shape index (κ3) is 2.28. The quantitative estimate of drug-likeness (QED) is 0.856.